The second-order valence-corrected chi connectivity index (χ2v) is 12.4. The molecule has 5 rings (SSSR count). The lowest BCUT2D eigenvalue weighted by Gasteiger charge is -2.12. The number of benzene rings is 4. The van der Waals surface area contributed by atoms with E-state index in [4.69, 9.17) is 0 Å². The van der Waals surface area contributed by atoms with Crippen molar-refractivity contribution < 1.29 is 19.3 Å². The number of halogens is 1. The van der Waals surface area contributed by atoms with Crippen LogP contribution < -0.4 is 16.0 Å². The summed E-state index contributed by atoms with van der Waals surface area (Å²) in [5.74, 6) is -1.22. The number of amides is 3. The van der Waals surface area contributed by atoms with Crippen LogP contribution in [0.4, 0.5) is 16.5 Å². The minimum Gasteiger partial charge on any atom is -0.321 e. The Kier molecular flexibility index (Phi) is 10.7. The summed E-state index contributed by atoms with van der Waals surface area (Å²) in [6.07, 6.45) is 1.43. The summed E-state index contributed by atoms with van der Waals surface area (Å²) in [6.45, 7) is 0. The van der Waals surface area contributed by atoms with Gasteiger partial charge in [0.15, 0.2) is 5.13 Å². The number of nitrogens with zero attached hydrogens (tertiary/aromatic N) is 2. The van der Waals surface area contributed by atoms with Crippen LogP contribution >= 0.6 is 39.0 Å². The molecule has 0 saturated heterocycles. The summed E-state index contributed by atoms with van der Waals surface area (Å²) in [5.41, 5.74) is 2.82. The third-order valence-corrected chi connectivity index (χ3v) is 8.58. The number of nitro benzene ring substituents is 1. The van der Waals surface area contributed by atoms with Crippen LogP contribution in [0.3, 0.4) is 0 Å². The fourth-order valence-corrected chi connectivity index (χ4v) is 5.81. The number of nitro groups is 1. The maximum Gasteiger partial charge on any atom is 0.272 e. The largest absolute Gasteiger partial charge is 0.321 e. The van der Waals surface area contributed by atoms with E-state index in [9.17, 15) is 24.5 Å². The number of hydrogen-bond acceptors (Lipinski definition) is 8. The number of thiazole rings is 1. The van der Waals surface area contributed by atoms with Crippen LogP contribution in [-0.2, 0) is 9.59 Å². The van der Waals surface area contributed by atoms with E-state index in [1.807, 2.05) is 35.7 Å². The predicted octanol–water partition coefficient (Wildman–Crippen LogP) is 7.62. The van der Waals surface area contributed by atoms with E-state index in [2.05, 4.69) is 36.9 Å². The maximum atomic E-state index is 13.4. The van der Waals surface area contributed by atoms with Crippen LogP contribution in [0, 0.1) is 10.1 Å². The summed E-state index contributed by atoms with van der Waals surface area (Å²) >= 11 is 6.04. The van der Waals surface area contributed by atoms with Crippen LogP contribution in [0.25, 0.3) is 17.3 Å². The van der Waals surface area contributed by atoms with Gasteiger partial charge in [-0.1, -0.05) is 52.3 Å². The Balaban J connectivity index is 1.23. The van der Waals surface area contributed by atoms with E-state index in [-0.39, 0.29) is 23.0 Å². The lowest BCUT2D eigenvalue weighted by molar-refractivity contribution is -0.384. The van der Waals surface area contributed by atoms with E-state index in [1.54, 1.807) is 48.5 Å². The Morgan fingerprint density at radius 2 is 1.65 bits per heavy atom. The normalized spacial score (nSPS) is 11.0. The van der Waals surface area contributed by atoms with E-state index in [0.717, 1.165) is 20.6 Å². The number of carbonyl (C=O) groups excluding carboxylic acids is 3. The Morgan fingerprint density at radius 1 is 0.913 bits per heavy atom. The number of hydrogen-bond donors (Lipinski definition) is 3. The molecule has 0 radical (unpaired) electrons. The molecule has 0 unspecified atom stereocenters. The molecule has 10 nitrogen and oxygen atoms in total. The van der Waals surface area contributed by atoms with Crippen molar-refractivity contribution in [2.24, 2.45) is 0 Å². The van der Waals surface area contributed by atoms with Gasteiger partial charge in [0.25, 0.3) is 17.5 Å². The van der Waals surface area contributed by atoms with Crippen molar-refractivity contribution in [3.8, 4) is 11.3 Å². The molecule has 0 atom stereocenters. The highest BCUT2D eigenvalue weighted by molar-refractivity contribution is 9.10. The van der Waals surface area contributed by atoms with Gasteiger partial charge in [0.2, 0.25) is 5.91 Å². The van der Waals surface area contributed by atoms with Crippen LogP contribution in [0.2, 0.25) is 0 Å². The Hall–Kier alpha value is -5.11. The van der Waals surface area contributed by atoms with Gasteiger partial charge in [-0.05, 0) is 66.2 Å². The van der Waals surface area contributed by atoms with E-state index in [1.165, 1.54) is 53.4 Å². The molecule has 0 fully saturated rings. The highest BCUT2D eigenvalue weighted by atomic mass is 79.9. The van der Waals surface area contributed by atoms with Gasteiger partial charge in [-0.2, -0.15) is 0 Å². The standard InChI is InChI=1S/C33H24BrN5O5S2/c34-24-13-11-22(12-14-24)29-19-46-33(37-29)38-30(40)20-45-27-8-4-7-25(18-27)35-32(42)28(36-31(41)23-5-2-1-3-6-23)17-21-9-15-26(16-10-21)39(43)44/h1-19H,20H2,(H,35,42)(H,36,41)(H,37,38,40)/b28-17+. The Labute approximate surface area is 280 Å². The Bertz CT molecular complexity index is 1910. The monoisotopic (exact) mass is 713 g/mol. The van der Waals surface area contributed by atoms with Crippen molar-refractivity contribution >= 4 is 79.3 Å². The molecule has 4 aromatic carbocycles. The number of rotatable bonds is 11. The number of carbonyl (C=O) groups is 3. The van der Waals surface area contributed by atoms with Gasteiger partial charge in [0, 0.05) is 43.7 Å². The van der Waals surface area contributed by atoms with Gasteiger partial charge in [0.1, 0.15) is 5.70 Å². The molecule has 5 aromatic rings. The number of nitrogens with one attached hydrogen (secondary N) is 3. The molecule has 0 bridgehead atoms. The highest BCUT2D eigenvalue weighted by Crippen LogP contribution is 2.27. The van der Waals surface area contributed by atoms with Crippen molar-refractivity contribution in [1.82, 2.24) is 10.3 Å². The highest BCUT2D eigenvalue weighted by Gasteiger charge is 2.16. The van der Waals surface area contributed by atoms with Gasteiger partial charge in [0.05, 0.1) is 16.4 Å². The average Bonchev–Trinajstić information content (AvgIpc) is 3.53. The molecular weight excluding hydrogens is 690 g/mol. The smallest absolute Gasteiger partial charge is 0.272 e. The van der Waals surface area contributed by atoms with E-state index < -0.39 is 16.7 Å². The zero-order chi connectivity index (χ0) is 32.5. The molecule has 3 N–H and O–H groups in total. The average molecular weight is 715 g/mol. The zero-order valence-electron chi connectivity index (χ0n) is 23.8. The summed E-state index contributed by atoms with van der Waals surface area (Å²) in [6, 6.07) is 28.7. The molecule has 0 aliphatic carbocycles. The molecule has 1 heterocycles. The second-order valence-electron chi connectivity index (χ2n) is 9.59. The SMILES string of the molecule is O=C(CSc1cccc(NC(=O)/C(=C\c2ccc([N+](=O)[O-])cc2)NC(=O)c2ccccc2)c1)Nc1nc(-c2ccc(Br)cc2)cs1. The molecular formula is C33H24BrN5O5S2. The van der Waals surface area contributed by atoms with Crippen molar-refractivity contribution in [2.75, 3.05) is 16.4 Å². The summed E-state index contributed by atoms with van der Waals surface area (Å²) < 4.78 is 0.967. The third kappa shape index (κ3) is 8.97. The minimum absolute atomic E-state index is 0.0638. The first-order chi connectivity index (χ1) is 22.2. The minimum atomic E-state index is -0.604. The number of anilines is 2. The lowest BCUT2D eigenvalue weighted by Crippen LogP contribution is -2.30. The predicted molar refractivity (Wildman–Crippen MR) is 185 cm³/mol. The molecule has 0 aliphatic heterocycles. The molecule has 1 aromatic heterocycles. The second kappa shape index (κ2) is 15.3. The third-order valence-electron chi connectivity index (χ3n) is 6.30. The zero-order valence-corrected chi connectivity index (χ0v) is 27.0. The maximum absolute atomic E-state index is 13.4. The lowest BCUT2D eigenvalue weighted by atomic mass is 10.1. The van der Waals surface area contributed by atoms with Crippen LogP contribution in [0.1, 0.15) is 15.9 Å². The molecule has 13 heteroatoms. The summed E-state index contributed by atoms with van der Waals surface area (Å²) in [4.78, 5) is 54.7. The molecule has 0 aliphatic rings. The van der Waals surface area contributed by atoms with Crippen LogP contribution in [0.15, 0.2) is 124 Å². The van der Waals surface area contributed by atoms with Gasteiger partial charge in [-0.25, -0.2) is 4.98 Å². The molecule has 0 saturated carbocycles. The van der Waals surface area contributed by atoms with Gasteiger partial charge in [-0.15, -0.1) is 23.1 Å². The first-order valence-electron chi connectivity index (χ1n) is 13.6. The Morgan fingerprint density at radius 3 is 2.37 bits per heavy atom. The summed E-state index contributed by atoms with van der Waals surface area (Å²) in [5, 5.41) is 21.7. The number of thioether (sulfide) groups is 1. The van der Waals surface area contributed by atoms with Crippen LogP contribution in [-0.4, -0.2) is 33.4 Å². The van der Waals surface area contributed by atoms with Crippen molar-refractivity contribution in [2.45, 2.75) is 4.90 Å². The fourth-order valence-electron chi connectivity index (χ4n) is 4.05. The topological polar surface area (TPSA) is 143 Å². The number of non-ortho nitro benzene ring substituents is 1. The summed E-state index contributed by atoms with van der Waals surface area (Å²) in [7, 11) is 0. The molecule has 0 spiro atoms. The van der Waals surface area contributed by atoms with Gasteiger partial charge >= 0.3 is 0 Å². The van der Waals surface area contributed by atoms with E-state index in [0.29, 0.717) is 21.9 Å². The first kappa shape index (κ1) is 32.3. The first-order valence-corrected chi connectivity index (χ1v) is 16.3. The van der Waals surface area contributed by atoms with Gasteiger partial charge in [-0.3, -0.25) is 24.5 Å². The van der Waals surface area contributed by atoms with Crippen LogP contribution in [0.5, 0.6) is 0 Å². The quantitative estimate of drug-likeness (QED) is 0.0553. The molecule has 3 amide bonds. The molecule has 230 valence electrons. The van der Waals surface area contributed by atoms with Crippen molar-refractivity contribution in [1.29, 1.82) is 0 Å². The van der Waals surface area contributed by atoms with E-state index >= 15 is 0 Å². The van der Waals surface area contributed by atoms with Crippen molar-refractivity contribution in [3.63, 3.8) is 0 Å². The fraction of sp³-hybridized carbons (Fsp3) is 0.0303. The van der Waals surface area contributed by atoms with Crippen molar-refractivity contribution in [3.05, 3.63) is 140 Å². The van der Waals surface area contributed by atoms with Gasteiger partial charge < -0.3 is 16.0 Å². The number of aromatic nitrogens is 1. The molecule has 46 heavy (non-hydrogen) atoms.